The van der Waals surface area contributed by atoms with Gasteiger partial charge in [0.1, 0.15) is 0 Å². The normalized spacial score (nSPS) is 21.8. The minimum absolute atomic E-state index is 0.0160. The van der Waals surface area contributed by atoms with Crippen molar-refractivity contribution in [1.29, 1.82) is 0 Å². The first-order valence-corrected chi connectivity index (χ1v) is 9.39. The fourth-order valence-corrected chi connectivity index (χ4v) is 4.01. The van der Waals surface area contributed by atoms with Crippen molar-refractivity contribution in [2.24, 2.45) is 0 Å². The van der Waals surface area contributed by atoms with Gasteiger partial charge in [-0.1, -0.05) is 18.0 Å². The Kier molecular flexibility index (Phi) is 4.97. The summed E-state index contributed by atoms with van der Waals surface area (Å²) in [5, 5.41) is 7.13. The molecule has 1 amide bonds. The summed E-state index contributed by atoms with van der Waals surface area (Å²) >= 11 is 0. The third-order valence-electron chi connectivity index (χ3n) is 5.35. The highest BCUT2D eigenvalue weighted by Gasteiger charge is 2.40. The number of amides is 1. The summed E-state index contributed by atoms with van der Waals surface area (Å²) in [6, 6.07) is 3.86. The molecule has 0 radical (unpaired) electrons. The van der Waals surface area contributed by atoms with E-state index in [0.29, 0.717) is 24.6 Å². The predicted octanol–water partition coefficient (Wildman–Crippen LogP) is 2.67. The number of aryl methyl sites for hydroxylation is 1. The van der Waals surface area contributed by atoms with Crippen LogP contribution >= 0.6 is 0 Å². The lowest BCUT2D eigenvalue weighted by molar-refractivity contribution is -0.125. The van der Waals surface area contributed by atoms with E-state index in [-0.39, 0.29) is 17.6 Å². The van der Waals surface area contributed by atoms with Crippen LogP contribution in [-0.4, -0.2) is 39.3 Å². The van der Waals surface area contributed by atoms with Gasteiger partial charge in [-0.25, -0.2) is 0 Å². The molecular weight excluding hydrogens is 332 g/mol. The maximum absolute atomic E-state index is 12.3. The van der Waals surface area contributed by atoms with Crippen LogP contribution in [0.4, 0.5) is 0 Å². The van der Waals surface area contributed by atoms with Gasteiger partial charge in [0.15, 0.2) is 0 Å². The van der Waals surface area contributed by atoms with Gasteiger partial charge in [-0.2, -0.15) is 4.98 Å². The van der Waals surface area contributed by atoms with Gasteiger partial charge in [0.25, 0.3) is 0 Å². The molecule has 2 aromatic heterocycles. The van der Waals surface area contributed by atoms with Crippen molar-refractivity contribution in [2.75, 3.05) is 6.61 Å². The smallest absolute Gasteiger partial charge is 0.227 e. The molecule has 2 aromatic rings. The lowest BCUT2D eigenvalue weighted by Gasteiger charge is -2.38. The minimum atomic E-state index is 0.0160. The molecule has 1 aliphatic heterocycles. The molecule has 1 atom stereocenters. The van der Waals surface area contributed by atoms with Gasteiger partial charge in [0.05, 0.1) is 5.60 Å². The van der Waals surface area contributed by atoms with Crippen molar-refractivity contribution >= 4 is 5.91 Å². The maximum atomic E-state index is 12.3. The molecule has 7 nitrogen and oxygen atoms in total. The van der Waals surface area contributed by atoms with E-state index >= 15 is 0 Å². The first kappa shape index (κ1) is 17.1. The number of ether oxygens (including phenoxy) is 1. The van der Waals surface area contributed by atoms with Crippen molar-refractivity contribution < 1.29 is 14.1 Å². The standard InChI is InChI=1S/C19H24N4O3/c24-16(21-15-7-12-25-19(13-15)8-1-2-9-19)3-4-17-22-18(23-26-17)14-5-10-20-11-6-14/h5-6,10-11,15H,1-4,7-9,12-13H2,(H,21,24). The van der Waals surface area contributed by atoms with E-state index in [2.05, 4.69) is 20.4 Å². The monoisotopic (exact) mass is 356 g/mol. The third kappa shape index (κ3) is 3.93. The Hall–Kier alpha value is -2.28. The number of rotatable bonds is 5. The summed E-state index contributed by atoms with van der Waals surface area (Å²) < 4.78 is 11.3. The Morgan fingerprint density at radius 2 is 2.08 bits per heavy atom. The molecule has 1 aliphatic carbocycles. The Bertz CT molecular complexity index is 740. The number of carbonyl (C=O) groups excluding carboxylic acids is 1. The number of nitrogens with one attached hydrogen (secondary N) is 1. The number of hydrogen-bond acceptors (Lipinski definition) is 6. The van der Waals surface area contributed by atoms with Crippen LogP contribution in [0.2, 0.25) is 0 Å². The van der Waals surface area contributed by atoms with E-state index in [9.17, 15) is 4.79 Å². The molecule has 0 bridgehead atoms. The predicted molar refractivity (Wildman–Crippen MR) is 94.2 cm³/mol. The molecule has 3 heterocycles. The molecule has 1 saturated carbocycles. The summed E-state index contributed by atoms with van der Waals surface area (Å²) in [5.74, 6) is 1.04. The Morgan fingerprint density at radius 1 is 1.27 bits per heavy atom. The molecule has 4 rings (SSSR count). The van der Waals surface area contributed by atoms with Gasteiger partial charge in [-0.3, -0.25) is 9.78 Å². The number of nitrogens with zero attached hydrogens (tertiary/aromatic N) is 3. The number of carbonyl (C=O) groups is 1. The van der Waals surface area contributed by atoms with E-state index in [1.54, 1.807) is 12.4 Å². The molecule has 0 aromatic carbocycles. The van der Waals surface area contributed by atoms with E-state index in [1.165, 1.54) is 12.8 Å². The molecule has 138 valence electrons. The van der Waals surface area contributed by atoms with Crippen molar-refractivity contribution in [3.05, 3.63) is 30.4 Å². The first-order valence-electron chi connectivity index (χ1n) is 9.39. The molecule has 2 fully saturated rings. The van der Waals surface area contributed by atoms with Crippen LogP contribution in [0.1, 0.15) is 50.8 Å². The molecular formula is C19H24N4O3. The summed E-state index contributed by atoms with van der Waals surface area (Å²) in [6.07, 6.45) is 10.7. The highest BCUT2D eigenvalue weighted by Crippen LogP contribution is 2.39. The summed E-state index contributed by atoms with van der Waals surface area (Å²) in [4.78, 5) is 20.6. The van der Waals surface area contributed by atoms with Crippen LogP contribution in [0.3, 0.4) is 0 Å². The Balaban J connectivity index is 1.27. The number of hydrogen-bond donors (Lipinski definition) is 1. The Labute approximate surface area is 152 Å². The van der Waals surface area contributed by atoms with Gasteiger partial charge in [0.2, 0.25) is 17.6 Å². The van der Waals surface area contributed by atoms with E-state index in [0.717, 1.165) is 37.9 Å². The van der Waals surface area contributed by atoms with Gasteiger partial charge in [-0.15, -0.1) is 0 Å². The van der Waals surface area contributed by atoms with Crippen molar-refractivity contribution in [2.45, 2.75) is 63.0 Å². The molecule has 2 aliphatic rings. The third-order valence-corrected chi connectivity index (χ3v) is 5.35. The van der Waals surface area contributed by atoms with Gasteiger partial charge < -0.3 is 14.6 Å². The average Bonchev–Trinajstić information content (AvgIpc) is 3.31. The highest BCUT2D eigenvalue weighted by atomic mass is 16.5. The fraction of sp³-hybridized carbons (Fsp3) is 0.579. The molecule has 1 unspecified atom stereocenters. The van der Waals surface area contributed by atoms with Crippen LogP contribution < -0.4 is 5.32 Å². The summed E-state index contributed by atoms with van der Waals surface area (Å²) in [5.41, 5.74) is 0.866. The average molecular weight is 356 g/mol. The topological polar surface area (TPSA) is 90.1 Å². The van der Waals surface area contributed by atoms with E-state index < -0.39 is 0 Å². The molecule has 1 spiro atoms. The second-order valence-corrected chi connectivity index (χ2v) is 7.24. The zero-order valence-electron chi connectivity index (χ0n) is 14.8. The van der Waals surface area contributed by atoms with Crippen LogP contribution in [-0.2, 0) is 16.0 Å². The lowest BCUT2D eigenvalue weighted by Crippen LogP contribution is -2.47. The van der Waals surface area contributed by atoms with E-state index in [1.807, 2.05) is 12.1 Å². The van der Waals surface area contributed by atoms with Crippen LogP contribution in [0, 0.1) is 0 Å². The van der Waals surface area contributed by atoms with Gasteiger partial charge in [-0.05, 0) is 37.8 Å². The highest BCUT2D eigenvalue weighted by molar-refractivity contribution is 5.76. The van der Waals surface area contributed by atoms with Crippen LogP contribution in [0.15, 0.2) is 29.0 Å². The second-order valence-electron chi connectivity index (χ2n) is 7.24. The van der Waals surface area contributed by atoms with Gasteiger partial charge in [0, 0.05) is 43.4 Å². The Morgan fingerprint density at radius 3 is 2.88 bits per heavy atom. The van der Waals surface area contributed by atoms with Crippen LogP contribution in [0.25, 0.3) is 11.4 Å². The summed E-state index contributed by atoms with van der Waals surface area (Å²) in [6.45, 7) is 0.740. The maximum Gasteiger partial charge on any atom is 0.227 e. The molecule has 26 heavy (non-hydrogen) atoms. The second kappa shape index (κ2) is 7.53. The summed E-state index contributed by atoms with van der Waals surface area (Å²) in [7, 11) is 0. The fourth-order valence-electron chi connectivity index (χ4n) is 4.01. The van der Waals surface area contributed by atoms with Crippen LogP contribution in [0.5, 0.6) is 0 Å². The molecule has 1 saturated heterocycles. The number of pyridine rings is 1. The SMILES string of the molecule is O=C(CCc1nc(-c2ccncc2)no1)NC1CCOC2(CCCC2)C1. The van der Waals surface area contributed by atoms with Gasteiger partial charge >= 0.3 is 0 Å². The quantitative estimate of drug-likeness (QED) is 0.886. The minimum Gasteiger partial charge on any atom is -0.375 e. The number of aromatic nitrogens is 3. The molecule has 7 heteroatoms. The lowest BCUT2D eigenvalue weighted by atomic mass is 9.89. The van der Waals surface area contributed by atoms with Crippen molar-refractivity contribution in [3.63, 3.8) is 0 Å². The largest absolute Gasteiger partial charge is 0.375 e. The van der Waals surface area contributed by atoms with E-state index in [4.69, 9.17) is 9.26 Å². The molecule has 1 N–H and O–H groups in total. The zero-order valence-corrected chi connectivity index (χ0v) is 14.8. The van der Waals surface area contributed by atoms with Crippen molar-refractivity contribution in [1.82, 2.24) is 20.4 Å². The van der Waals surface area contributed by atoms with Crippen molar-refractivity contribution in [3.8, 4) is 11.4 Å². The first-order chi connectivity index (χ1) is 12.7. The zero-order chi connectivity index (χ0) is 17.8.